The maximum Gasteiger partial charge on any atom is 0.0672 e. The highest BCUT2D eigenvalue weighted by molar-refractivity contribution is 4.87. The van der Waals surface area contributed by atoms with Crippen LogP contribution in [-0.2, 0) is 4.74 Å². The highest BCUT2D eigenvalue weighted by Gasteiger charge is 2.12. The Morgan fingerprint density at radius 1 is 1.69 bits per heavy atom. The normalized spacial score (nSPS) is 22.1. The topological polar surface area (TPSA) is 33.3 Å². The van der Waals surface area contributed by atoms with E-state index in [1.54, 1.807) is 0 Å². The van der Waals surface area contributed by atoms with Crippen molar-refractivity contribution in [3.05, 3.63) is 12.2 Å². The molecular formula is C10H20N2O. The van der Waals surface area contributed by atoms with Crippen LogP contribution in [0.25, 0.3) is 0 Å². The molecule has 3 heteroatoms. The average Bonchev–Trinajstić information content (AvgIpc) is 2.55. The standard InChI is InChI=1S/C10H20N2O/c1-9(2)8-13-6-5-12-10-3-4-11-7-10/h10-12H,1,3-8H2,2H3. The molecule has 0 amide bonds. The van der Waals surface area contributed by atoms with Crippen molar-refractivity contribution in [3.63, 3.8) is 0 Å². The Morgan fingerprint density at radius 3 is 3.15 bits per heavy atom. The van der Waals surface area contributed by atoms with Crippen molar-refractivity contribution in [3.8, 4) is 0 Å². The Bertz CT molecular complexity index is 153. The second kappa shape index (κ2) is 6.13. The van der Waals surface area contributed by atoms with Crippen LogP contribution >= 0.6 is 0 Å². The molecule has 0 bridgehead atoms. The minimum Gasteiger partial charge on any atom is -0.376 e. The summed E-state index contributed by atoms with van der Waals surface area (Å²) in [5.74, 6) is 0. The Balaban J connectivity index is 1.86. The lowest BCUT2D eigenvalue weighted by Gasteiger charge is -2.10. The van der Waals surface area contributed by atoms with Gasteiger partial charge in [-0.15, -0.1) is 0 Å². The smallest absolute Gasteiger partial charge is 0.0672 e. The summed E-state index contributed by atoms with van der Waals surface area (Å²) in [5, 5.41) is 6.75. The van der Waals surface area contributed by atoms with Gasteiger partial charge in [0.15, 0.2) is 0 Å². The maximum absolute atomic E-state index is 5.37. The van der Waals surface area contributed by atoms with Crippen LogP contribution in [0.4, 0.5) is 0 Å². The van der Waals surface area contributed by atoms with Crippen molar-refractivity contribution in [2.75, 3.05) is 32.8 Å². The predicted molar refractivity (Wildman–Crippen MR) is 54.9 cm³/mol. The van der Waals surface area contributed by atoms with Gasteiger partial charge in [-0.05, 0) is 19.9 Å². The quantitative estimate of drug-likeness (QED) is 0.467. The lowest BCUT2D eigenvalue weighted by Crippen LogP contribution is -2.33. The molecule has 1 aliphatic rings. The Morgan fingerprint density at radius 2 is 2.54 bits per heavy atom. The average molecular weight is 184 g/mol. The van der Waals surface area contributed by atoms with Gasteiger partial charge >= 0.3 is 0 Å². The first kappa shape index (κ1) is 10.7. The predicted octanol–water partition coefficient (Wildman–Crippen LogP) is 0.531. The summed E-state index contributed by atoms with van der Waals surface area (Å²) in [4.78, 5) is 0. The SMILES string of the molecule is C=C(C)COCCNC1CCNC1. The van der Waals surface area contributed by atoms with Crippen LogP contribution in [0.15, 0.2) is 12.2 Å². The summed E-state index contributed by atoms with van der Waals surface area (Å²) >= 11 is 0. The number of hydrogen-bond acceptors (Lipinski definition) is 3. The minimum absolute atomic E-state index is 0.647. The minimum atomic E-state index is 0.647. The molecule has 0 aromatic carbocycles. The van der Waals surface area contributed by atoms with E-state index in [-0.39, 0.29) is 0 Å². The second-order valence-corrected chi connectivity index (χ2v) is 3.65. The van der Waals surface area contributed by atoms with Gasteiger partial charge in [0, 0.05) is 19.1 Å². The summed E-state index contributed by atoms with van der Waals surface area (Å²) in [7, 11) is 0. The largest absolute Gasteiger partial charge is 0.376 e. The molecule has 1 heterocycles. The Kier molecular flexibility index (Phi) is 5.05. The maximum atomic E-state index is 5.37. The Hall–Kier alpha value is -0.380. The van der Waals surface area contributed by atoms with Gasteiger partial charge in [0.25, 0.3) is 0 Å². The van der Waals surface area contributed by atoms with E-state index in [1.807, 2.05) is 6.92 Å². The monoisotopic (exact) mass is 184 g/mol. The summed E-state index contributed by atoms with van der Waals surface area (Å²) < 4.78 is 5.37. The third kappa shape index (κ3) is 5.03. The third-order valence-electron chi connectivity index (χ3n) is 2.09. The summed E-state index contributed by atoms with van der Waals surface area (Å²) in [5.41, 5.74) is 1.09. The van der Waals surface area contributed by atoms with Crippen molar-refractivity contribution >= 4 is 0 Å². The molecule has 1 fully saturated rings. The van der Waals surface area contributed by atoms with Gasteiger partial charge in [-0.1, -0.05) is 12.2 Å². The Labute approximate surface area is 80.5 Å². The summed E-state index contributed by atoms with van der Waals surface area (Å²) in [6.07, 6.45) is 1.24. The molecule has 0 spiro atoms. The zero-order valence-electron chi connectivity index (χ0n) is 8.44. The molecule has 0 aromatic rings. The molecule has 13 heavy (non-hydrogen) atoms. The van der Waals surface area contributed by atoms with Crippen LogP contribution in [0.2, 0.25) is 0 Å². The first-order valence-corrected chi connectivity index (χ1v) is 4.95. The van der Waals surface area contributed by atoms with Gasteiger partial charge in [-0.3, -0.25) is 0 Å². The van der Waals surface area contributed by atoms with Gasteiger partial charge in [-0.25, -0.2) is 0 Å². The number of nitrogens with one attached hydrogen (secondary N) is 2. The first-order valence-electron chi connectivity index (χ1n) is 4.95. The van der Waals surface area contributed by atoms with Crippen molar-refractivity contribution < 1.29 is 4.74 Å². The molecule has 2 N–H and O–H groups in total. The van der Waals surface area contributed by atoms with E-state index in [2.05, 4.69) is 17.2 Å². The molecule has 1 rings (SSSR count). The molecule has 1 saturated heterocycles. The number of ether oxygens (including phenoxy) is 1. The molecular weight excluding hydrogens is 164 g/mol. The van der Waals surface area contributed by atoms with E-state index in [1.165, 1.54) is 6.42 Å². The molecule has 0 saturated carbocycles. The molecule has 0 radical (unpaired) electrons. The molecule has 1 atom stereocenters. The van der Waals surface area contributed by atoms with Crippen molar-refractivity contribution in [1.29, 1.82) is 0 Å². The second-order valence-electron chi connectivity index (χ2n) is 3.65. The van der Waals surface area contributed by atoms with Crippen LogP contribution in [-0.4, -0.2) is 38.9 Å². The highest BCUT2D eigenvalue weighted by Crippen LogP contribution is 1.95. The van der Waals surface area contributed by atoms with Crippen molar-refractivity contribution in [2.45, 2.75) is 19.4 Å². The fraction of sp³-hybridized carbons (Fsp3) is 0.800. The van der Waals surface area contributed by atoms with Gasteiger partial charge < -0.3 is 15.4 Å². The summed E-state index contributed by atoms with van der Waals surface area (Å²) in [6, 6.07) is 0.647. The van der Waals surface area contributed by atoms with Gasteiger partial charge in [-0.2, -0.15) is 0 Å². The lowest BCUT2D eigenvalue weighted by molar-refractivity contribution is 0.156. The fourth-order valence-electron chi connectivity index (χ4n) is 1.41. The first-order chi connectivity index (χ1) is 6.29. The van der Waals surface area contributed by atoms with Crippen LogP contribution in [0.5, 0.6) is 0 Å². The van der Waals surface area contributed by atoms with E-state index in [9.17, 15) is 0 Å². The third-order valence-corrected chi connectivity index (χ3v) is 2.09. The zero-order chi connectivity index (χ0) is 9.52. The van der Waals surface area contributed by atoms with Gasteiger partial charge in [0.2, 0.25) is 0 Å². The molecule has 1 unspecified atom stereocenters. The van der Waals surface area contributed by atoms with E-state index in [0.717, 1.165) is 31.8 Å². The molecule has 76 valence electrons. The van der Waals surface area contributed by atoms with E-state index in [4.69, 9.17) is 4.74 Å². The molecule has 1 aliphatic heterocycles. The van der Waals surface area contributed by atoms with Crippen molar-refractivity contribution in [1.82, 2.24) is 10.6 Å². The highest BCUT2D eigenvalue weighted by atomic mass is 16.5. The lowest BCUT2D eigenvalue weighted by atomic mass is 10.3. The van der Waals surface area contributed by atoms with Crippen molar-refractivity contribution in [2.24, 2.45) is 0 Å². The van der Waals surface area contributed by atoms with E-state index >= 15 is 0 Å². The molecule has 0 aromatic heterocycles. The van der Waals surface area contributed by atoms with Crippen LogP contribution in [0.3, 0.4) is 0 Å². The fourth-order valence-corrected chi connectivity index (χ4v) is 1.41. The summed E-state index contributed by atoms with van der Waals surface area (Å²) in [6.45, 7) is 10.4. The van der Waals surface area contributed by atoms with Gasteiger partial charge in [0.1, 0.15) is 0 Å². The number of hydrogen-bond donors (Lipinski definition) is 2. The molecule has 0 aliphatic carbocycles. The number of rotatable bonds is 6. The van der Waals surface area contributed by atoms with E-state index in [0.29, 0.717) is 12.6 Å². The zero-order valence-corrected chi connectivity index (χ0v) is 8.44. The van der Waals surface area contributed by atoms with Crippen LogP contribution < -0.4 is 10.6 Å². The molecule has 3 nitrogen and oxygen atoms in total. The van der Waals surface area contributed by atoms with Gasteiger partial charge in [0.05, 0.1) is 13.2 Å². The van der Waals surface area contributed by atoms with Crippen LogP contribution in [0.1, 0.15) is 13.3 Å². The van der Waals surface area contributed by atoms with Crippen LogP contribution in [0, 0.1) is 0 Å². The van der Waals surface area contributed by atoms with E-state index < -0.39 is 0 Å².